The maximum Gasteiger partial charge on any atom is 0.305 e. The summed E-state index contributed by atoms with van der Waals surface area (Å²) in [7, 11) is 0. The van der Waals surface area contributed by atoms with Crippen LogP contribution >= 0.6 is 0 Å². The van der Waals surface area contributed by atoms with Gasteiger partial charge in [0.05, 0.1) is 17.5 Å². The van der Waals surface area contributed by atoms with E-state index in [-0.39, 0.29) is 12.3 Å². The van der Waals surface area contributed by atoms with E-state index in [0.29, 0.717) is 18.8 Å². The van der Waals surface area contributed by atoms with Crippen molar-refractivity contribution in [1.82, 2.24) is 5.32 Å². The van der Waals surface area contributed by atoms with Gasteiger partial charge >= 0.3 is 5.97 Å². The van der Waals surface area contributed by atoms with Crippen LogP contribution in [0.4, 0.5) is 0 Å². The van der Waals surface area contributed by atoms with Crippen LogP contribution in [0.15, 0.2) is 0 Å². The third kappa shape index (κ3) is 3.08. The molecule has 2 aliphatic carbocycles. The fourth-order valence-electron chi connectivity index (χ4n) is 3.40. The van der Waals surface area contributed by atoms with Gasteiger partial charge in [-0.3, -0.25) is 9.59 Å². The van der Waals surface area contributed by atoms with Crippen LogP contribution in [0.5, 0.6) is 0 Å². The molecule has 2 unspecified atom stereocenters. The second-order valence-corrected chi connectivity index (χ2v) is 6.52. The van der Waals surface area contributed by atoms with Crippen molar-refractivity contribution in [3.05, 3.63) is 0 Å². The zero-order chi connectivity index (χ0) is 14.1. The van der Waals surface area contributed by atoms with Crippen LogP contribution in [0.1, 0.15) is 58.3 Å². The van der Waals surface area contributed by atoms with Crippen LogP contribution in [0.3, 0.4) is 0 Å². The molecule has 0 saturated heterocycles. The molecule has 0 aromatic carbocycles. The summed E-state index contributed by atoms with van der Waals surface area (Å²) in [5.74, 6) is -0.551. The Bertz CT molecular complexity index is 379. The largest absolute Gasteiger partial charge is 0.481 e. The van der Waals surface area contributed by atoms with Gasteiger partial charge in [-0.2, -0.15) is 0 Å². The third-order valence-corrected chi connectivity index (χ3v) is 4.66. The van der Waals surface area contributed by atoms with Crippen LogP contribution in [-0.2, 0) is 9.59 Å². The van der Waals surface area contributed by atoms with Gasteiger partial charge in [0.25, 0.3) is 0 Å². The number of carboxylic acid groups (broad SMARTS) is 1. The number of hydrogen-bond donors (Lipinski definition) is 3. The highest BCUT2D eigenvalue weighted by atomic mass is 16.4. The van der Waals surface area contributed by atoms with Gasteiger partial charge < -0.3 is 16.2 Å². The van der Waals surface area contributed by atoms with E-state index < -0.39 is 17.0 Å². The molecule has 2 saturated carbocycles. The molecule has 5 heteroatoms. The van der Waals surface area contributed by atoms with Crippen molar-refractivity contribution in [3.63, 3.8) is 0 Å². The first-order chi connectivity index (χ1) is 8.85. The first kappa shape index (κ1) is 14.3. The number of nitrogens with one attached hydrogen (secondary N) is 1. The first-order valence-electron chi connectivity index (χ1n) is 7.19. The van der Waals surface area contributed by atoms with Crippen LogP contribution in [-0.4, -0.2) is 28.1 Å². The van der Waals surface area contributed by atoms with Gasteiger partial charge in [-0.05, 0) is 38.0 Å². The molecule has 108 valence electrons. The summed E-state index contributed by atoms with van der Waals surface area (Å²) in [6, 6.07) is 0. The maximum absolute atomic E-state index is 12.4. The van der Waals surface area contributed by atoms with Crippen LogP contribution in [0.25, 0.3) is 0 Å². The quantitative estimate of drug-likeness (QED) is 0.718. The summed E-state index contributed by atoms with van der Waals surface area (Å²) in [5.41, 5.74) is 4.90. The number of hydrogen-bond acceptors (Lipinski definition) is 3. The molecule has 0 spiro atoms. The predicted molar refractivity (Wildman–Crippen MR) is 71.5 cm³/mol. The van der Waals surface area contributed by atoms with E-state index in [1.54, 1.807) is 0 Å². The van der Waals surface area contributed by atoms with E-state index in [1.807, 2.05) is 0 Å². The number of rotatable bonds is 4. The van der Waals surface area contributed by atoms with Crippen LogP contribution in [0, 0.1) is 5.92 Å². The zero-order valence-electron chi connectivity index (χ0n) is 11.6. The summed E-state index contributed by atoms with van der Waals surface area (Å²) >= 11 is 0. The Labute approximate surface area is 113 Å². The van der Waals surface area contributed by atoms with Gasteiger partial charge in [-0.25, -0.2) is 0 Å². The Balaban J connectivity index is 2.01. The second kappa shape index (κ2) is 5.12. The monoisotopic (exact) mass is 268 g/mol. The molecule has 2 rings (SSSR count). The van der Waals surface area contributed by atoms with Crippen LogP contribution in [0.2, 0.25) is 0 Å². The number of aliphatic carboxylic acids is 1. The van der Waals surface area contributed by atoms with Gasteiger partial charge in [0.1, 0.15) is 0 Å². The lowest BCUT2D eigenvalue weighted by atomic mass is 9.72. The second-order valence-electron chi connectivity index (χ2n) is 6.52. The van der Waals surface area contributed by atoms with Gasteiger partial charge in [-0.15, -0.1) is 0 Å². The summed E-state index contributed by atoms with van der Waals surface area (Å²) < 4.78 is 0. The first-order valence-corrected chi connectivity index (χ1v) is 7.19. The SMILES string of the molecule is CC1CCCC(N)(C(=O)NC2(CC(=O)O)CCC2)C1. The van der Waals surface area contributed by atoms with Crippen molar-refractivity contribution in [2.24, 2.45) is 11.7 Å². The lowest BCUT2D eigenvalue weighted by Crippen LogP contribution is -2.64. The highest BCUT2D eigenvalue weighted by molar-refractivity contribution is 5.87. The van der Waals surface area contributed by atoms with Crippen molar-refractivity contribution >= 4 is 11.9 Å². The summed E-state index contributed by atoms with van der Waals surface area (Å²) in [6.45, 7) is 2.12. The molecule has 0 bridgehead atoms. The van der Waals surface area contributed by atoms with Crippen molar-refractivity contribution in [2.75, 3.05) is 0 Å². The Morgan fingerprint density at radius 1 is 1.32 bits per heavy atom. The summed E-state index contributed by atoms with van der Waals surface area (Å²) in [4.78, 5) is 23.3. The fraction of sp³-hybridized carbons (Fsp3) is 0.857. The Hall–Kier alpha value is -1.10. The van der Waals surface area contributed by atoms with E-state index in [4.69, 9.17) is 10.8 Å². The number of nitrogens with two attached hydrogens (primary N) is 1. The van der Waals surface area contributed by atoms with Crippen molar-refractivity contribution in [2.45, 2.75) is 69.4 Å². The molecule has 0 aromatic rings. The lowest BCUT2D eigenvalue weighted by Gasteiger charge is -2.45. The average Bonchev–Trinajstić information content (AvgIpc) is 2.24. The molecule has 0 radical (unpaired) electrons. The molecule has 0 aliphatic heterocycles. The summed E-state index contributed by atoms with van der Waals surface area (Å²) in [6.07, 6.45) is 5.96. The molecular weight excluding hydrogens is 244 g/mol. The Morgan fingerprint density at radius 3 is 2.47 bits per heavy atom. The molecule has 19 heavy (non-hydrogen) atoms. The minimum Gasteiger partial charge on any atom is -0.481 e. The highest BCUT2D eigenvalue weighted by Gasteiger charge is 2.45. The van der Waals surface area contributed by atoms with E-state index in [0.717, 1.165) is 32.1 Å². The van der Waals surface area contributed by atoms with Gasteiger partial charge in [0, 0.05) is 0 Å². The van der Waals surface area contributed by atoms with E-state index >= 15 is 0 Å². The highest BCUT2D eigenvalue weighted by Crippen LogP contribution is 2.37. The molecular formula is C14H24N2O3. The molecule has 1 amide bonds. The fourth-order valence-corrected chi connectivity index (χ4v) is 3.40. The Morgan fingerprint density at radius 2 is 2.00 bits per heavy atom. The van der Waals surface area contributed by atoms with Crippen molar-refractivity contribution < 1.29 is 14.7 Å². The standard InChI is InChI=1S/C14H24N2O3/c1-10-4-2-7-14(15,8-10)12(19)16-13(5-3-6-13)9-11(17)18/h10H,2-9,15H2,1H3,(H,16,19)(H,17,18). The predicted octanol–water partition coefficient (Wildman–Crippen LogP) is 1.41. The van der Waals surface area contributed by atoms with Crippen molar-refractivity contribution in [3.8, 4) is 0 Å². The molecule has 0 heterocycles. The smallest absolute Gasteiger partial charge is 0.305 e. The van der Waals surface area contributed by atoms with Gasteiger partial charge in [0.15, 0.2) is 0 Å². The summed E-state index contributed by atoms with van der Waals surface area (Å²) in [5, 5.41) is 11.9. The number of carbonyl (C=O) groups is 2. The third-order valence-electron chi connectivity index (χ3n) is 4.66. The van der Waals surface area contributed by atoms with E-state index in [2.05, 4.69) is 12.2 Å². The van der Waals surface area contributed by atoms with Crippen molar-refractivity contribution in [1.29, 1.82) is 0 Å². The molecule has 2 aliphatic rings. The van der Waals surface area contributed by atoms with Gasteiger partial charge in [0.2, 0.25) is 5.91 Å². The molecule has 0 aromatic heterocycles. The van der Waals surface area contributed by atoms with Gasteiger partial charge in [-0.1, -0.05) is 19.8 Å². The number of carboxylic acids is 1. The average molecular weight is 268 g/mol. The molecule has 5 nitrogen and oxygen atoms in total. The van der Waals surface area contributed by atoms with E-state index in [1.165, 1.54) is 0 Å². The molecule has 2 atom stereocenters. The lowest BCUT2D eigenvalue weighted by molar-refractivity contribution is -0.141. The minimum absolute atomic E-state index is 0.00434. The van der Waals surface area contributed by atoms with E-state index in [9.17, 15) is 9.59 Å². The number of carbonyl (C=O) groups excluding carboxylic acids is 1. The topological polar surface area (TPSA) is 92.4 Å². The minimum atomic E-state index is -0.858. The molecule has 2 fully saturated rings. The zero-order valence-corrected chi connectivity index (χ0v) is 11.6. The maximum atomic E-state index is 12.4. The normalized spacial score (nSPS) is 33.3. The molecule has 4 N–H and O–H groups in total. The van der Waals surface area contributed by atoms with Crippen LogP contribution < -0.4 is 11.1 Å². The Kier molecular flexibility index (Phi) is 3.85. The number of amides is 1.